The van der Waals surface area contributed by atoms with Gasteiger partial charge in [-0.1, -0.05) is 31.9 Å². The summed E-state index contributed by atoms with van der Waals surface area (Å²) < 4.78 is 5.51. The van der Waals surface area contributed by atoms with Gasteiger partial charge in [-0.15, -0.1) is 0 Å². The average molecular weight is 396 g/mol. The van der Waals surface area contributed by atoms with E-state index in [9.17, 15) is 4.79 Å². The SMILES string of the molecule is CCC1C(=O)N(C)c2cnc(N(C)c3ccccc3OC)nc2N1C1CCCC1. The highest BCUT2D eigenvalue weighted by Gasteiger charge is 2.41. The molecular formula is C22H29N5O2. The first-order chi connectivity index (χ1) is 14.1. The van der Waals surface area contributed by atoms with Gasteiger partial charge in [0.2, 0.25) is 11.9 Å². The molecule has 1 aliphatic heterocycles. The summed E-state index contributed by atoms with van der Waals surface area (Å²) in [5.41, 5.74) is 1.68. The summed E-state index contributed by atoms with van der Waals surface area (Å²) in [6.07, 6.45) is 7.16. The Bertz CT molecular complexity index is 897. The number of para-hydroxylation sites is 2. The van der Waals surface area contributed by atoms with Crippen LogP contribution < -0.4 is 19.4 Å². The maximum Gasteiger partial charge on any atom is 0.249 e. The minimum absolute atomic E-state index is 0.126. The molecule has 1 aromatic heterocycles. The van der Waals surface area contributed by atoms with Crippen molar-refractivity contribution in [2.75, 3.05) is 35.9 Å². The second kappa shape index (κ2) is 7.89. The number of rotatable bonds is 5. The van der Waals surface area contributed by atoms with Crippen molar-refractivity contribution < 1.29 is 9.53 Å². The number of amides is 1. The fraction of sp³-hybridized carbons (Fsp3) is 0.500. The lowest BCUT2D eigenvalue weighted by Gasteiger charge is -2.43. The van der Waals surface area contributed by atoms with Crippen LogP contribution in [0.3, 0.4) is 0 Å². The number of aromatic nitrogens is 2. The van der Waals surface area contributed by atoms with Crippen molar-refractivity contribution in [3.63, 3.8) is 0 Å². The molecule has 1 aromatic carbocycles. The number of likely N-dealkylation sites (N-methyl/N-ethyl adjacent to an activating group) is 1. The van der Waals surface area contributed by atoms with Crippen molar-refractivity contribution >= 4 is 29.0 Å². The van der Waals surface area contributed by atoms with Crippen molar-refractivity contribution in [3.8, 4) is 5.75 Å². The molecule has 0 saturated heterocycles. The molecule has 1 atom stereocenters. The van der Waals surface area contributed by atoms with E-state index in [4.69, 9.17) is 9.72 Å². The standard InChI is InChI=1S/C22H29N5O2/c1-5-16-21(28)25(2)18-14-23-22(24-20(18)27(16)15-10-6-7-11-15)26(3)17-12-8-9-13-19(17)29-4/h8-9,12-16H,5-7,10-11H2,1-4H3. The Balaban J connectivity index is 1.79. The Morgan fingerprint density at radius 2 is 1.97 bits per heavy atom. The van der Waals surface area contributed by atoms with Crippen LogP contribution in [0.5, 0.6) is 5.75 Å². The summed E-state index contributed by atoms with van der Waals surface area (Å²) in [4.78, 5) is 28.5. The highest BCUT2D eigenvalue weighted by atomic mass is 16.5. The monoisotopic (exact) mass is 395 g/mol. The molecule has 0 radical (unpaired) electrons. The molecule has 2 heterocycles. The molecule has 7 nitrogen and oxygen atoms in total. The molecule has 2 aromatic rings. The van der Waals surface area contributed by atoms with Crippen LogP contribution in [0.15, 0.2) is 30.5 Å². The van der Waals surface area contributed by atoms with Crippen LogP contribution in [0.25, 0.3) is 0 Å². The van der Waals surface area contributed by atoms with Gasteiger partial charge in [0.1, 0.15) is 17.5 Å². The third-order valence-corrected chi connectivity index (χ3v) is 6.15. The molecule has 0 N–H and O–H groups in total. The molecule has 4 rings (SSSR count). The Morgan fingerprint density at radius 1 is 1.24 bits per heavy atom. The fourth-order valence-electron chi connectivity index (χ4n) is 4.55. The average Bonchev–Trinajstić information content (AvgIpc) is 3.29. The zero-order valence-electron chi connectivity index (χ0n) is 17.6. The zero-order valence-corrected chi connectivity index (χ0v) is 17.6. The Morgan fingerprint density at radius 3 is 2.66 bits per heavy atom. The molecule has 1 saturated carbocycles. The van der Waals surface area contributed by atoms with Crippen molar-refractivity contribution in [3.05, 3.63) is 30.5 Å². The van der Waals surface area contributed by atoms with Crippen molar-refractivity contribution in [1.82, 2.24) is 9.97 Å². The lowest BCUT2D eigenvalue weighted by molar-refractivity contribution is -0.120. The van der Waals surface area contributed by atoms with Gasteiger partial charge in [0.05, 0.1) is 19.0 Å². The van der Waals surface area contributed by atoms with Crippen LogP contribution in [-0.2, 0) is 4.79 Å². The van der Waals surface area contributed by atoms with E-state index >= 15 is 0 Å². The number of fused-ring (bicyclic) bond motifs is 1. The second-order valence-corrected chi connectivity index (χ2v) is 7.78. The molecule has 2 aliphatic rings. The summed E-state index contributed by atoms with van der Waals surface area (Å²) in [5, 5.41) is 0. The molecule has 1 aliphatic carbocycles. The number of carbonyl (C=O) groups is 1. The van der Waals surface area contributed by atoms with Gasteiger partial charge in [0.15, 0.2) is 5.82 Å². The Hall–Kier alpha value is -2.83. The van der Waals surface area contributed by atoms with E-state index in [2.05, 4.69) is 16.8 Å². The number of hydrogen-bond donors (Lipinski definition) is 0. The molecule has 154 valence electrons. The molecular weight excluding hydrogens is 366 g/mol. The van der Waals surface area contributed by atoms with Gasteiger partial charge in [0.25, 0.3) is 0 Å². The van der Waals surface area contributed by atoms with Crippen molar-refractivity contribution in [1.29, 1.82) is 0 Å². The quantitative estimate of drug-likeness (QED) is 0.768. The summed E-state index contributed by atoms with van der Waals surface area (Å²) in [6, 6.07) is 8.01. The second-order valence-electron chi connectivity index (χ2n) is 7.78. The van der Waals surface area contributed by atoms with Crippen LogP contribution in [0, 0.1) is 0 Å². The molecule has 1 amide bonds. The van der Waals surface area contributed by atoms with Crippen LogP contribution in [-0.4, -0.2) is 49.2 Å². The number of carbonyl (C=O) groups excluding carboxylic acids is 1. The molecule has 1 unspecified atom stereocenters. The third kappa shape index (κ3) is 3.28. The van der Waals surface area contributed by atoms with Gasteiger partial charge in [0, 0.05) is 20.1 Å². The summed E-state index contributed by atoms with van der Waals surface area (Å²) in [5.74, 6) is 2.34. The normalized spacial score (nSPS) is 19.4. The minimum Gasteiger partial charge on any atom is -0.495 e. The van der Waals surface area contributed by atoms with Gasteiger partial charge in [-0.3, -0.25) is 4.79 Å². The van der Waals surface area contributed by atoms with Crippen LogP contribution in [0.4, 0.5) is 23.1 Å². The first kappa shape index (κ1) is 19.5. The van der Waals surface area contributed by atoms with Crippen molar-refractivity contribution in [2.24, 2.45) is 0 Å². The Kier molecular flexibility index (Phi) is 5.30. The predicted octanol–water partition coefficient (Wildman–Crippen LogP) is 3.76. The maximum atomic E-state index is 13.0. The fourth-order valence-corrected chi connectivity index (χ4v) is 4.55. The van der Waals surface area contributed by atoms with Crippen molar-refractivity contribution in [2.45, 2.75) is 51.1 Å². The molecule has 7 heteroatoms. The van der Waals surface area contributed by atoms with Gasteiger partial charge < -0.3 is 19.4 Å². The molecule has 0 spiro atoms. The van der Waals surface area contributed by atoms with Crippen LogP contribution in [0.1, 0.15) is 39.0 Å². The van der Waals surface area contributed by atoms with Gasteiger partial charge in [-0.25, -0.2) is 4.98 Å². The van der Waals surface area contributed by atoms with Crippen LogP contribution in [0.2, 0.25) is 0 Å². The van der Waals surface area contributed by atoms with E-state index in [1.165, 1.54) is 12.8 Å². The van der Waals surface area contributed by atoms with E-state index in [0.717, 1.165) is 42.2 Å². The topological polar surface area (TPSA) is 61.8 Å². The maximum absolute atomic E-state index is 13.0. The number of benzene rings is 1. The van der Waals surface area contributed by atoms with Gasteiger partial charge in [-0.05, 0) is 31.4 Å². The number of hydrogen-bond acceptors (Lipinski definition) is 6. The summed E-state index contributed by atoms with van der Waals surface area (Å²) in [6.45, 7) is 2.08. The lowest BCUT2D eigenvalue weighted by Crippen LogP contribution is -2.55. The first-order valence-corrected chi connectivity index (χ1v) is 10.4. The van der Waals surface area contributed by atoms with E-state index in [1.807, 2.05) is 43.3 Å². The van der Waals surface area contributed by atoms with Gasteiger partial charge >= 0.3 is 0 Å². The molecule has 0 bridgehead atoms. The number of anilines is 4. The predicted molar refractivity (Wildman–Crippen MR) is 115 cm³/mol. The summed E-state index contributed by atoms with van der Waals surface area (Å²) >= 11 is 0. The smallest absolute Gasteiger partial charge is 0.249 e. The third-order valence-electron chi connectivity index (χ3n) is 6.15. The van der Waals surface area contributed by atoms with E-state index in [1.54, 1.807) is 18.2 Å². The highest BCUT2D eigenvalue weighted by molar-refractivity contribution is 6.04. The van der Waals surface area contributed by atoms with Gasteiger partial charge in [-0.2, -0.15) is 4.98 Å². The van der Waals surface area contributed by atoms with E-state index < -0.39 is 0 Å². The Labute approximate surface area is 172 Å². The minimum atomic E-state index is -0.171. The van der Waals surface area contributed by atoms with E-state index in [0.29, 0.717) is 12.0 Å². The number of nitrogens with zero attached hydrogens (tertiary/aromatic N) is 5. The van der Waals surface area contributed by atoms with Crippen LogP contribution >= 0.6 is 0 Å². The first-order valence-electron chi connectivity index (χ1n) is 10.4. The number of ether oxygens (including phenoxy) is 1. The summed E-state index contributed by atoms with van der Waals surface area (Å²) in [7, 11) is 5.42. The molecule has 1 fully saturated rings. The number of methoxy groups -OCH3 is 1. The zero-order chi connectivity index (χ0) is 20.5. The largest absolute Gasteiger partial charge is 0.495 e. The lowest BCUT2D eigenvalue weighted by atomic mass is 10.0. The highest BCUT2D eigenvalue weighted by Crippen LogP contribution is 2.41. The van der Waals surface area contributed by atoms with E-state index in [-0.39, 0.29) is 11.9 Å². The molecule has 29 heavy (non-hydrogen) atoms.